The summed E-state index contributed by atoms with van der Waals surface area (Å²) >= 11 is 0. The molecule has 0 unspecified atom stereocenters. The molecule has 1 aliphatic carbocycles. The second-order valence-corrected chi connectivity index (χ2v) is 5.83. The maximum atomic E-state index is 6.22. The molecule has 1 aliphatic rings. The lowest BCUT2D eigenvalue weighted by atomic mass is 9.84. The lowest BCUT2D eigenvalue weighted by Crippen LogP contribution is -2.36. The molecule has 0 amide bonds. The minimum absolute atomic E-state index is 0.617. The van der Waals surface area contributed by atoms with Crippen molar-refractivity contribution in [3.05, 3.63) is 5.69 Å². The number of anilines is 2. The minimum atomic E-state index is 0.617. The van der Waals surface area contributed by atoms with Gasteiger partial charge in [-0.25, -0.2) is 4.68 Å². The molecule has 4 nitrogen and oxygen atoms in total. The van der Waals surface area contributed by atoms with Crippen LogP contribution >= 0.6 is 0 Å². The van der Waals surface area contributed by atoms with Gasteiger partial charge in [-0.1, -0.05) is 13.3 Å². The highest BCUT2D eigenvalue weighted by Gasteiger charge is 2.26. The number of aromatic nitrogens is 2. The van der Waals surface area contributed by atoms with Crippen molar-refractivity contribution >= 4 is 11.5 Å². The summed E-state index contributed by atoms with van der Waals surface area (Å²) in [5.74, 6) is 2.04. The standard InChI is InChI=1S/C15H28N4/c1-5-12-7-9-13(10-8-12)18(4)15-14(16)11(3)17-19(15)6-2/h12-13H,5-10,16H2,1-4H3. The molecule has 0 radical (unpaired) electrons. The quantitative estimate of drug-likeness (QED) is 0.908. The van der Waals surface area contributed by atoms with E-state index in [0.717, 1.165) is 29.7 Å². The Morgan fingerprint density at radius 2 is 1.89 bits per heavy atom. The topological polar surface area (TPSA) is 47.1 Å². The van der Waals surface area contributed by atoms with Gasteiger partial charge in [0.25, 0.3) is 0 Å². The first kappa shape index (κ1) is 14.2. The van der Waals surface area contributed by atoms with E-state index in [9.17, 15) is 0 Å². The van der Waals surface area contributed by atoms with Gasteiger partial charge in [-0.05, 0) is 45.4 Å². The first-order chi connectivity index (χ1) is 9.08. The van der Waals surface area contributed by atoms with Crippen LogP contribution in [0, 0.1) is 12.8 Å². The van der Waals surface area contributed by atoms with E-state index >= 15 is 0 Å². The molecule has 1 fully saturated rings. The van der Waals surface area contributed by atoms with E-state index in [-0.39, 0.29) is 0 Å². The van der Waals surface area contributed by atoms with Crippen molar-refractivity contribution in [1.82, 2.24) is 9.78 Å². The zero-order valence-electron chi connectivity index (χ0n) is 12.8. The SMILES string of the molecule is CCC1CCC(N(C)c2c(N)c(C)nn2CC)CC1. The van der Waals surface area contributed by atoms with Gasteiger partial charge >= 0.3 is 0 Å². The highest BCUT2D eigenvalue weighted by atomic mass is 15.4. The molecular weight excluding hydrogens is 236 g/mol. The van der Waals surface area contributed by atoms with Crippen molar-refractivity contribution in [3.8, 4) is 0 Å². The first-order valence-corrected chi connectivity index (χ1v) is 7.64. The summed E-state index contributed by atoms with van der Waals surface area (Å²) in [6.45, 7) is 7.30. The largest absolute Gasteiger partial charge is 0.394 e. The third-order valence-electron chi connectivity index (χ3n) is 4.72. The molecule has 1 aromatic heterocycles. The maximum absolute atomic E-state index is 6.22. The number of hydrogen-bond acceptors (Lipinski definition) is 3. The number of rotatable bonds is 4. The molecule has 0 saturated heterocycles. The third-order valence-corrected chi connectivity index (χ3v) is 4.72. The number of nitrogens with zero attached hydrogens (tertiary/aromatic N) is 3. The third kappa shape index (κ3) is 2.72. The molecule has 108 valence electrons. The van der Waals surface area contributed by atoms with Gasteiger partial charge < -0.3 is 10.6 Å². The molecule has 1 saturated carbocycles. The molecule has 4 heteroatoms. The van der Waals surface area contributed by atoms with Gasteiger partial charge in [-0.15, -0.1) is 0 Å². The second-order valence-electron chi connectivity index (χ2n) is 5.83. The Morgan fingerprint density at radius 1 is 1.26 bits per heavy atom. The number of hydrogen-bond donors (Lipinski definition) is 1. The van der Waals surface area contributed by atoms with Crippen molar-refractivity contribution in [2.45, 2.75) is 65.5 Å². The predicted octanol–water partition coefficient (Wildman–Crippen LogP) is 3.20. The van der Waals surface area contributed by atoms with Crippen LogP contribution in [0.4, 0.5) is 11.5 Å². The van der Waals surface area contributed by atoms with Crippen LogP contribution in [0.5, 0.6) is 0 Å². The molecule has 0 aliphatic heterocycles. The second kappa shape index (κ2) is 5.85. The van der Waals surface area contributed by atoms with Gasteiger partial charge in [0.2, 0.25) is 0 Å². The summed E-state index contributed by atoms with van der Waals surface area (Å²) in [6, 6.07) is 0.617. The molecule has 1 aromatic rings. The molecular formula is C15H28N4. The normalized spacial score (nSPS) is 23.6. The van der Waals surface area contributed by atoms with Crippen LogP contribution in [0.15, 0.2) is 0 Å². The summed E-state index contributed by atoms with van der Waals surface area (Å²) < 4.78 is 2.04. The summed E-state index contributed by atoms with van der Waals surface area (Å²) in [5, 5.41) is 4.53. The Bertz CT molecular complexity index is 416. The number of nitrogens with two attached hydrogens (primary N) is 1. The zero-order chi connectivity index (χ0) is 14.0. The first-order valence-electron chi connectivity index (χ1n) is 7.64. The lowest BCUT2D eigenvalue weighted by molar-refractivity contribution is 0.311. The molecule has 2 N–H and O–H groups in total. The molecule has 2 rings (SSSR count). The molecule has 19 heavy (non-hydrogen) atoms. The van der Waals surface area contributed by atoms with Gasteiger partial charge in [-0.2, -0.15) is 5.10 Å². The van der Waals surface area contributed by atoms with E-state index in [2.05, 4.69) is 30.9 Å². The van der Waals surface area contributed by atoms with E-state index in [1.807, 2.05) is 11.6 Å². The highest BCUT2D eigenvalue weighted by molar-refractivity contribution is 5.66. The van der Waals surface area contributed by atoms with E-state index in [1.165, 1.54) is 32.1 Å². The minimum Gasteiger partial charge on any atom is -0.394 e. The molecule has 0 bridgehead atoms. The number of aryl methyl sites for hydroxylation is 2. The van der Waals surface area contributed by atoms with Crippen LogP contribution in [-0.4, -0.2) is 22.9 Å². The summed E-state index contributed by atoms with van der Waals surface area (Å²) in [4.78, 5) is 2.37. The molecule has 0 spiro atoms. The van der Waals surface area contributed by atoms with E-state index in [0.29, 0.717) is 6.04 Å². The van der Waals surface area contributed by atoms with E-state index < -0.39 is 0 Å². The van der Waals surface area contributed by atoms with Crippen molar-refractivity contribution < 1.29 is 0 Å². The van der Waals surface area contributed by atoms with Crippen molar-refractivity contribution in [2.24, 2.45) is 5.92 Å². The van der Waals surface area contributed by atoms with Gasteiger partial charge in [0, 0.05) is 19.6 Å². The van der Waals surface area contributed by atoms with Gasteiger partial charge in [-0.3, -0.25) is 0 Å². The zero-order valence-corrected chi connectivity index (χ0v) is 12.8. The molecule has 0 aromatic carbocycles. The fourth-order valence-electron chi connectivity index (χ4n) is 3.29. The average Bonchev–Trinajstić information content (AvgIpc) is 2.73. The molecule has 1 heterocycles. The van der Waals surface area contributed by atoms with Crippen LogP contribution < -0.4 is 10.6 Å². The van der Waals surface area contributed by atoms with Gasteiger partial charge in [0.15, 0.2) is 5.82 Å². The Kier molecular flexibility index (Phi) is 4.38. The van der Waals surface area contributed by atoms with E-state index in [4.69, 9.17) is 5.73 Å². The number of nitrogen functional groups attached to an aromatic ring is 1. The smallest absolute Gasteiger partial charge is 0.150 e. The Hall–Kier alpha value is -1.19. The van der Waals surface area contributed by atoms with Crippen molar-refractivity contribution in [1.29, 1.82) is 0 Å². The van der Waals surface area contributed by atoms with Crippen molar-refractivity contribution in [3.63, 3.8) is 0 Å². The Morgan fingerprint density at radius 3 is 2.42 bits per heavy atom. The molecule has 0 atom stereocenters. The monoisotopic (exact) mass is 264 g/mol. The van der Waals surface area contributed by atoms with Crippen LogP contribution in [0.25, 0.3) is 0 Å². The Balaban J connectivity index is 2.14. The lowest BCUT2D eigenvalue weighted by Gasteiger charge is -2.36. The predicted molar refractivity (Wildman–Crippen MR) is 81.5 cm³/mol. The summed E-state index contributed by atoms with van der Waals surface area (Å²) in [6.07, 6.45) is 6.59. The highest BCUT2D eigenvalue weighted by Crippen LogP contribution is 2.34. The van der Waals surface area contributed by atoms with Crippen LogP contribution in [-0.2, 0) is 6.54 Å². The van der Waals surface area contributed by atoms with Crippen LogP contribution in [0.2, 0.25) is 0 Å². The average molecular weight is 264 g/mol. The fraction of sp³-hybridized carbons (Fsp3) is 0.800. The van der Waals surface area contributed by atoms with Crippen molar-refractivity contribution in [2.75, 3.05) is 17.7 Å². The summed E-state index contributed by atoms with van der Waals surface area (Å²) in [7, 11) is 2.18. The maximum Gasteiger partial charge on any atom is 0.150 e. The van der Waals surface area contributed by atoms with Crippen LogP contribution in [0.3, 0.4) is 0 Å². The Labute approximate surface area is 117 Å². The van der Waals surface area contributed by atoms with Gasteiger partial charge in [0.05, 0.1) is 11.4 Å². The van der Waals surface area contributed by atoms with Gasteiger partial charge in [0.1, 0.15) is 0 Å². The fourth-order valence-corrected chi connectivity index (χ4v) is 3.29. The van der Waals surface area contributed by atoms with E-state index in [1.54, 1.807) is 0 Å². The van der Waals surface area contributed by atoms with Crippen LogP contribution in [0.1, 0.15) is 51.6 Å². The summed E-state index contributed by atoms with van der Waals surface area (Å²) in [5.41, 5.74) is 8.01.